The largest absolute Gasteiger partial charge is 0.297 e. The number of benzene rings is 1. The van der Waals surface area contributed by atoms with E-state index < -0.39 is 9.84 Å². The molecule has 1 fully saturated rings. The molecule has 3 aromatic rings. The van der Waals surface area contributed by atoms with Gasteiger partial charge in [-0.1, -0.05) is 35.5 Å². The van der Waals surface area contributed by atoms with Gasteiger partial charge in [0.1, 0.15) is 0 Å². The summed E-state index contributed by atoms with van der Waals surface area (Å²) < 4.78 is 25.0. The molecule has 0 atom stereocenters. The number of sulfone groups is 1. The Morgan fingerprint density at radius 1 is 1.03 bits per heavy atom. The third-order valence-electron chi connectivity index (χ3n) is 5.46. The maximum absolute atomic E-state index is 11.6. The van der Waals surface area contributed by atoms with Crippen LogP contribution in [0.5, 0.6) is 0 Å². The number of hydrogen-bond acceptors (Lipinski definition) is 6. The summed E-state index contributed by atoms with van der Waals surface area (Å²) in [4.78, 5) is 6.74. The second kappa shape index (κ2) is 9.06. The van der Waals surface area contributed by atoms with E-state index in [-0.39, 0.29) is 5.75 Å². The summed E-state index contributed by atoms with van der Waals surface area (Å²) in [6.07, 6.45) is 7.18. The summed E-state index contributed by atoms with van der Waals surface area (Å²) in [5.74, 6) is 0.578. The molecule has 0 saturated carbocycles. The third kappa shape index (κ3) is 5.73. The lowest BCUT2D eigenvalue weighted by molar-refractivity contribution is 0.202. The van der Waals surface area contributed by atoms with Gasteiger partial charge in [0, 0.05) is 19.0 Å². The van der Waals surface area contributed by atoms with Crippen LogP contribution in [0.25, 0.3) is 0 Å². The maximum Gasteiger partial charge on any atom is 0.151 e. The zero-order valence-electron chi connectivity index (χ0n) is 17.2. The molecule has 30 heavy (non-hydrogen) atoms. The highest BCUT2D eigenvalue weighted by molar-refractivity contribution is 7.89. The molecule has 4 rings (SSSR count). The summed E-state index contributed by atoms with van der Waals surface area (Å²) in [6, 6.07) is 13.9. The first-order valence-electron chi connectivity index (χ1n) is 10.2. The first kappa shape index (κ1) is 20.7. The summed E-state index contributed by atoms with van der Waals surface area (Å²) >= 11 is 0. The molecule has 1 saturated heterocycles. The minimum atomic E-state index is -3.01. The molecule has 8 heteroatoms. The van der Waals surface area contributed by atoms with Crippen LogP contribution in [0.1, 0.15) is 41.3 Å². The predicted molar refractivity (Wildman–Crippen MR) is 116 cm³/mol. The normalized spacial score (nSPS) is 16.0. The Hall–Kier alpha value is -2.58. The van der Waals surface area contributed by atoms with E-state index in [0.29, 0.717) is 12.5 Å². The highest BCUT2D eigenvalue weighted by atomic mass is 32.2. The van der Waals surface area contributed by atoms with Crippen LogP contribution in [0.4, 0.5) is 0 Å². The molecular formula is C22H27N5O2S. The highest BCUT2D eigenvalue weighted by Gasteiger charge is 2.22. The second-order valence-corrected chi connectivity index (χ2v) is 10.2. The van der Waals surface area contributed by atoms with Crippen molar-refractivity contribution in [1.82, 2.24) is 24.9 Å². The van der Waals surface area contributed by atoms with Crippen LogP contribution in [0.15, 0.2) is 54.9 Å². The van der Waals surface area contributed by atoms with Crippen molar-refractivity contribution in [1.29, 1.82) is 0 Å². The molecule has 1 aliphatic rings. The minimum Gasteiger partial charge on any atom is -0.297 e. The Morgan fingerprint density at radius 2 is 1.87 bits per heavy atom. The molecule has 2 aromatic heterocycles. The number of pyridine rings is 1. The van der Waals surface area contributed by atoms with E-state index in [9.17, 15) is 8.42 Å². The lowest BCUT2D eigenvalue weighted by Crippen LogP contribution is -2.32. The van der Waals surface area contributed by atoms with E-state index >= 15 is 0 Å². The molecule has 158 valence electrons. The molecule has 0 N–H and O–H groups in total. The van der Waals surface area contributed by atoms with Gasteiger partial charge in [0.2, 0.25) is 0 Å². The molecule has 0 radical (unpaired) electrons. The Bertz CT molecular complexity index is 1070. The van der Waals surface area contributed by atoms with Crippen molar-refractivity contribution in [3.05, 3.63) is 77.4 Å². The zero-order valence-corrected chi connectivity index (χ0v) is 18.0. The molecule has 0 bridgehead atoms. The number of hydrogen-bond donors (Lipinski definition) is 0. The van der Waals surface area contributed by atoms with Crippen LogP contribution >= 0.6 is 0 Å². The topological polar surface area (TPSA) is 81.0 Å². The SMILES string of the molecule is CS(=O)(=O)Cc1cccc(C2CCN(Cc3cn(Cc4ccccn4)nn3)CC2)c1. The molecule has 0 aliphatic carbocycles. The quantitative estimate of drug-likeness (QED) is 0.579. The first-order valence-corrected chi connectivity index (χ1v) is 12.3. The van der Waals surface area contributed by atoms with Crippen LogP contribution in [0, 0.1) is 0 Å². The standard InChI is InChI=1S/C22H27N5O2S/c1-30(28,29)17-18-5-4-6-20(13-18)19-8-11-26(12-9-19)14-22-16-27(25-24-22)15-21-7-2-3-10-23-21/h2-7,10,13,16,19H,8-9,11-12,14-15,17H2,1H3. The molecule has 0 unspecified atom stereocenters. The van der Waals surface area contributed by atoms with Gasteiger partial charge in [-0.2, -0.15) is 0 Å². The van der Waals surface area contributed by atoms with Gasteiger partial charge in [0.25, 0.3) is 0 Å². The van der Waals surface area contributed by atoms with E-state index in [1.165, 1.54) is 11.8 Å². The number of piperidine rings is 1. The van der Waals surface area contributed by atoms with E-state index in [0.717, 1.165) is 49.4 Å². The molecular weight excluding hydrogens is 398 g/mol. The minimum absolute atomic E-state index is 0.105. The zero-order chi connectivity index (χ0) is 21.0. The monoisotopic (exact) mass is 425 g/mol. The van der Waals surface area contributed by atoms with Crippen molar-refractivity contribution in [3.63, 3.8) is 0 Å². The van der Waals surface area contributed by atoms with Crippen LogP contribution in [0.2, 0.25) is 0 Å². The van der Waals surface area contributed by atoms with Crippen LogP contribution in [-0.2, 0) is 28.7 Å². The van der Waals surface area contributed by atoms with Crippen LogP contribution in [-0.4, -0.2) is 52.6 Å². The van der Waals surface area contributed by atoms with Gasteiger partial charge in [-0.15, -0.1) is 5.10 Å². The Labute approximate surface area is 177 Å². The number of nitrogens with zero attached hydrogens (tertiary/aromatic N) is 5. The predicted octanol–water partition coefficient (Wildman–Crippen LogP) is 2.65. The van der Waals surface area contributed by atoms with E-state index in [1.807, 2.05) is 41.2 Å². The van der Waals surface area contributed by atoms with E-state index in [1.54, 1.807) is 6.20 Å². The van der Waals surface area contributed by atoms with Crippen molar-refractivity contribution in [2.24, 2.45) is 0 Å². The number of rotatable bonds is 7. The van der Waals surface area contributed by atoms with Crippen molar-refractivity contribution >= 4 is 9.84 Å². The fraction of sp³-hybridized carbons (Fsp3) is 0.409. The first-order chi connectivity index (χ1) is 14.4. The van der Waals surface area contributed by atoms with Gasteiger partial charge < -0.3 is 0 Å². The highest BCUT2D eigenvalue weighted by Crippen LogP contribution is 2.29. The average molecular weight is 426 g/mol. The Morgan fingerprint density at radius 3 is 2.60 bits per heavy atom. The molecule has 0 amide bonds. The van der Waals surface area contributed by atoms with Gasteiger partial charge in [0.05, 0.1) is 29.9 Å². The fourth-order valence-corrected chi connectivity index (χ4v) is 4.82. The van der Waals surface area contributed by atoms with Gasteiger partial charge in [0.15, 0.2) is 9.84 Å². The molecule has 1 aliphatic heterocycles. The lowest BCUT2D eigenvalue weighted by Gasteiger charge is -2.31. The maximum atomic E-state index is 11.6. The summed E-state index contributed by atoms with van der Waals surface area (Å²) in [6.45, 7) is 3.41. The Kier molecular flexibility index (Phi) is 6.24. The van der Waals surface area contributed by atoms with E-state index in [2.05, 4.69) is 32.3 Å². The van der Waals surface area contributed by atoms with Gasteiger partial charge >= 0.3 is 0 Å². The van der Waals surface area contributed by atoms with Gasteiger partial charge in [-0.25, -0.2) is 13.1 Å². The van der Waals surface area contributed by atoms with Crippen LogP contribution < -0.4 is 0 Å². The summed E-state index contributed by atoms with van der Waals surface area (Å²) in [5, 5.41) is 8.55. The van der Waals surface area contributed by atoms with Crippen molar-refractivity contribution < 1.29 is 8.42 Å². The smallest absolute Gasteiger partial charge is 0.151 e. The van der Waals surface area contributed by atoms with Gasteiger partial charge in [-0.3, -0.25) is 9.88 Å². The van der Waals surface area contributed by atoms with Crippen molar-refractivity contribution in [2.75, 3.05) is 19.3 Å². The van der Waals surface area contributed by atoms with E-state index in [4.69, 9.17) is 0 Å². The van der Waals surface area contributed by atoms with Crippen LogP contribution in [0.3, 0.4) is 0 Å². The molecule has 7 nitrogen and oxygen atoms in total. The van der Waals surface area contributed by atoms with Gasteiger partial charge in [-0.05, 0) is 55.1 Å². The summed E-state index contributed by atoms with van der Waals surface area (Å²) in [7, 11) is -3.01. The molecule has 0 spiro atoms. The average Bonchev–Trinajstić information content (AvgIpc) is 3.15. The number of likely N-dealkylation sites (tertiary alicyclic amines) is 1. The van der Waals surface area contributed by atoms with Crippen molar-refractivity contribution in [3.8, 4) is 0 Å². The third-order valence-corrected chi connectivity index (χ3v) is 6.32. The van der Waals surface area contributed by atoms with Crippen molar-refractivity contribution in [2.45, 2.75) is 37.6 Å². The molecule has 3 heterocycles. The second-order valence-electron chi connectivity index (χ2n) is 8.09. The summed E-state index contributed by atoms with van der Waals surface area (Å²) in [5.41, 5.74) is 4.06. The lowest BCUT2D eigenvalue weighted by atomic mass is 9.88. The number of aromatic nitrogens is 4. The Balaban J connectivity index is 1.31. The fourth-order valence-electron chi connectivity index (χ4n) is 4.04. The molecule has 1 aromatic carbocycles.